The number of nitrogens with zero attached hydrogens (tertiary/aromatic N) is 1. The minimum absolute atomic E-state index is 0.0949. The Bertz CT molecular complexity index is 1040. The number of rotatable bonds is 5. The van der Waals surface area contributed by atoms with Gasteiger partial charge in [0.05, 0.1) is 0 Å². The van der Waals surface area contributed by atoms with Crippen LogP contribution < -0.4 is 4.90 Å². The number of hydrogen-bond donors (Lipinski definition) is 0. The van der Waals surface area contributed by atoms with Crippen LogP contribution in [-0.4, -0.2) is 20.4 Å². The molecule has 1 atom stereocenters. The van der Waals surface area contributed by atoms with E-state index in [9.17, 15) is 4.79 Å². The summed E-state index contributed by atoms with van der Waals surface area (Å²) in [6.45, 7) is 0. The van der Waals surface area contributed by atoms with Crippen molar-refractivity contribution in [2.75, 3.05) is 19.0 Å². The van der Waals surface area contributed by atoms with Gasteiger partial charge in [-0.1, -0.05) is 78.9 Å². The molecule has 0 bridgehead atoms. The molecule has 1 unspecified atom stereocenters. The van der Waals surface area contributed by atoms with Crippen molar-refractivity contribution in [2.45, 2.75) is 12.3 Å². The molecule has 0 heterocycles. The number of carbonyl (C=O) groups excluding carboxylic acids is 1. The van der Waals surface area contributed by atoms with E-state index in [1.165, 1.54) is 27.8 Å². The predicted molar refractivity (Wildman–Crippen MR) is 122 cm³/mol. The Hall–Kier alpha value is -3.39. The average Bonchev–Trinajstić information content (AvgIpc) is 2.79. The van der Waals surface area contributed by atoms with Crippen LogP contribution in [0.2, 0.25) is 0 Å². The molecule has 2 nitrogen and oxygen atoms in total. The van der Waals surface area contributed by atoms with Crippen molar-refractivity contribution in [3.8, 4) is 11.1 Å². The zero-order valence-corrected chi connectivity index (χ0v) is 16.9. The maximum absolute atomic E-state index is 11.7. The molecule has 0 aliphatic heterocycles. The number of benzene rings is 3. The van der Waals surface area contributed by atoms with Gasteiger partial charge < -0.3 is 4.90 Å². The summed E-state index contributed by atoms with van der Waals surface area (Å²) in [5, 5.41) is 0. The van der Waals surface area contributed by atoms with Gasteiger partial charge in [0.1, 0.15) is 6.29 Å². The summed E-state index contributed by atoms with van der Waals surface area (Å²) in [5.74, 6) is 0.0949. The molecule has 1 aliphatic rings. The van der Waals surface area contributed by atoms with Crippen molar-refractivity contribution in [3.05, 3.63) is 108 Å². The highest BCUT2D eigenvalue weighted by molar-refractivity contribution is 5.82. The van der Waals surface area contributed by atoms with Crippen molar-refractivity contribution >= 4 is 17.5 Å². The maximum atomic E-state index is 11.7. The third kappa shape index (κ3) is 4.07. The molecule has 0 N–H and O–H groups in total. The lowest BCUT2D eigenvalue weighted by Crippen LogP contribution is -2.11. The second-order valence-corrected chi connectivity index (χ2v) is 7.66. The number of hydrogen-bond acceptors (Lipinski definition) is 2. The lowest BCUT2D eigenvalue weighted by Gasteiger charge is -2.24. The second kappa shape index (κ2) is 8.32. The van der Waals surface area contributed by atoms with Gasteiger partial charge in [-0.15, -0.1) is 0 Å². The smallest absolute Gasteiger partial charge is 0.146 e. The molecule has 0 radical (unpaired) electrons. The van der Waals surface area contributed by atoms with Crippen molar-refractivity contribution in [1.29, 1.82) is 0 Å². The molecule has 1 aliphatic carbocycles. The van der Waals surface area contributed by atoms with Crippen LogP contribution in [0.3, 0.4) is 0 Å². The summed E-state index contributed by atoms with van der Waals surface area (Å²) in [7, 11) is 4.07. The fourth-order valence-electron chi connectivity index (χ4n) is 3.88. The first-order valence-corrected chi connectivity index (χ1v) is 9.95. The standard InChI is InChI=1S/C27H25NO/c1-28(2)26-16-14-23(15-17-26)27-18-24(12-13-25(27)19-29)22-10-8-21(9-11-22)20-6-4-3-5-7-20/h3-17,19,27H,18H2,1-2H3. The molecule has 0 saturated heterocycles. The maximum Gasteiger partial charge on any atom is 0.146 e. The van der Waals surface area contributed by atoms with Crippen molar-refractivity contribution in [2.24, 2.45) is 0 Å². The normalized spacial score (nSPS) is 16.0. The van der Waals surface area contributed by atoms with Gasteiger partial charge in [-0.3, -0.25) is 4.79 Å². The van der Waals surface area contributed by atoms with Gasteiger partial charge >= 0.3 is 0 Å². The largest absolute Gasteiger partial charge is 0.378 e. The average molecular weight is 380 g/mol. The Labute approximate surface area is 172 Å². The number of anilines is 1. The SMILES string of the molecule is CN(C)c1ccc(C2CC(c3ccc(-c4ccccc4)cc3)=CC=C2C=O)cc1. The minimum atomic E-state index is 0.0949. The lowest BCUT2D eigenvalue weighted by atomic mass is 9.80. The Morgan fingerprint density at radius 2 is 1.38 bits per heavy atom. The Morgan fingerprint density at radius 1 is 0.759 bits per heavy atom. The minimum Gasteiger partial charge on any atom is -0.378 e. The summed E-state index contributed by atoms with van der Waals surface area (Å²) in [6, 6.07) is 27.6. The van der Waals surface area contributed by atoms with E-state index >= 15 is 0 Å². The first kappa shape index (κ1) is 18.9. The summed E-state index contributed by atoms with van der Waals surface area (Å²) in [5.41, 5.74) is 8.09. The number of allylic oxidation sites excluding steroid dienone is 4. The third-order valence-corrected chi connectivity index (χ3v) is 5.61. The van der Waals surface area contributed by atoms with E-state index in [0.717, 1.165) is 24.0 Å². The van der Waals surface area contributed by atoms with Crippen LogP contribution in [0.1, 0.15) is 23.5 Å². The molecular weight excluding hydrogens is 354 g/mol. The molecule has 2 heteroatoms. The Morgan fingerprint density at radius 3 is 2.00 bits per heavy atom. The number of carbonyl (C=O) groups is 1. The van der Waals surface area contributed by atoms with Gasteiger partial charge in [0.15, 0.2) is 0 Å². The molecular formula is C27H25NO. The van der Waals surface area contributed by atoms with E-state index in [0.29, 0.717) is 0 Å². The fraction of sp³-hybridized carbons (Fsp3) is 0.148. The van der Waals surface area contributed by atoms with Crippen LogP contribution in [0.25, 0.3) is 16.7 Å². The van der Waals surface area contributed by atoms with Gasteiger partial charge in [-0.25, -0.2) is 0 Å². The van der Waals surface area contributed by atoms with E-state index in [1.807, 2.05) is 26.2 Å². The Balaban J connectivity index is 1.59. The monoisotopic (exact) mass is 379 g/mol. The molecule has 3 aromatic rings. The van der Waals surface area contributed by atoms with E-state index in [-0.39, 0.29) is 5.92 Å². The van der Waals surface area contributed by atoms with Crippen molar-refractivity contribution in [1.82, 2.24) is 0 Å². The summed E-state index contributed by atoms with van der Waals surface area (Å²) in [6.07, 6.45) is 5.89. The van der Waals surface area contributed by atoms with Gasteiger partial charge in [-0.05, 0) is 52.0 Å². The predicted octanol–water partition coefficient (Wildman–Crippen LogP) is 6.12. The van der Waals surface area contributed by atoms with Gasteiger partial charge in [-0.2, -0.15) is 0 Å². The molecule has 4 rings (SSSR count). The first-order chi connectivity index (χ1) is 14.2. The van der Waals surface area contributed by atoms with Crippen LogP contribution in [0, 0.1) is 0 Å². The Kier molecular flexibility index (Phi) is 5.44. The molecule has 0 amide bonds. The van der Waals surface area contributed by atoms with E-state index in [1.54, 1.807) is 0 Å². The fourth-order valence-corrected chi connectivity index (χ4v) is 3.88. The van der Waals surface area contributed by atoms with E-state index < -0.39 is 0 Å². The summed E-state index contributed by atoms with van der Waals surface area (Å²) >= 11 is 0. The van der Waals surface area contributed by atoms with Crippen molar-refractivity contribution < 1.29 is 4.79 Å². The highest BCUT2D eigenvalue weighted by Gasteiger charge is 2.22. The zero-order chi connectivity index (χ0) is 20.2. The molecule has 144 valence electrons. The molecule has 0 fully saturated rings. The first-order valence-electron chi connectivity index (χ1n) is 9.95. The number of aldehydes is 1. The van der Waals surface area contributed by atoms with Crippen LogP contribution in [-0.2, 0) is 4.79 Å². The van der Waals surface area contributed by atoms with Crippen molar-refractivity contribution in [3.63, 3.8) is 0 Å². The second-order valence-electron chi connectivity index (χ2n) is 7.66. The highest BCUT2D eigenvalue weighted by atomic mass is 16.1. The van der Waals surface area contributed by atoms with Gasteiger partial charge in [0, 0.05) is 25.7 Å². The van der Waals surface area contributed by atoms with Crippen LogP contribution >= 0.6 is 0 Å². The topological polar surface area (TPSA) is 20.3 Å². The molecule has 0 saturated carbocycles. The zero-order valence-electron chi connectivity index (χ0n) is 16.9. The van der Waals surface area contributed by atoms with Crippen LogP contribution in [0.15, 0.2) is 96.6 Å². The van der Waals surface area contributed by atoms with E-state index in [4.69, 9.17) is 0 Å². The van der Waals surface area contributed by atoms with E-state index in [2.05, 4.69) is 83.8 Å². The molecule has 0 aromatic heterocycles. The quantitative estimate of drug-likeness (QED) is 0.498. The van der Waals surface area contributed by atoms with Gasteiger partial charge in [0.25, 0.3) is 0 Å². The molecule has 29 heavy (non-hydrogen) atoms. The van der Waals surface area contributed by atoms with Gasteiger partial charge in [0.2, 0.25) is 0 Å². The van der Waals surface area contributed by atoms with Crippen LogP contribution in [0.5, 0.6) is 0 Å². The summed E-state index contributed by atoms with van der Waals surface area (Å²) in [4.78, 5) is 13.7. The van der Waals surface area contributed by atoms with Crippen LogP contribution in [0.4, 0.5) is 5.69 Å². The highest BCUT2D eigenvalue weighted by Crippen LogP contribution is 2.38. The molecule has 0 spiro atoms. The lowest BCUT2D eigenvalue weighted by molar-refractivity contribution is -0.105. The summed E-state index contributed by atoms with van der Waals surface area (Å²) < 4.78 is 0. The molecule has 3 aromatic carbocycles. The third-order valence-electron chi connectivity index (χ3n) is 5.61.